The Morgan fingerprint density at radius 2 is 1.11 bits per heavy atom. The van der Waals surface area contributed by atoms with Gasteiger partial charge >= 0.3 is 5.97 Å². The van der Waals surface area contributed by atoms with Gasteiger partial charge in [0.25, 0.3) is 0 Å². The summed E-state index contributed by atoms with van der Waals surface area (Å²) < 4.78 is 7.32. The molecule has 0 unspecified atom stereocenters. The van der Waals surface area contributed by atoms with Crippen LogP contribution in [0.5, 0.6) is 0 Å². The Labute approximate surface area is 174 Å². The van der Waals surface area contributed by atoms with E-state index >= 15 is 0 Å². The van der Waals surface area contributed by atoms with E-state index in [0.29, 0.717) is 19.6 Å². The number of ether oxygens (including phenoxy) is 1. The quantitative estimate of drug-likeness (QED) is 0.168. The number of rotatable bonds is 20. The molecule has 0 atom stereocenters. The largest absolute Gasteiger partial charge is 0.466 e. The summed E-state index contributed by atoms with van der Waals surface area (Å²) in [7, 11) is 0. The molecule has 0 radical (unpaired) electrons. The first-order valence-corrected chi connectivity index (χ1v) is 12.1. The number of carbonyl (C=O) groups is 1. The molecule has 3 heteroatoms. The number of carbonyl (C=O) groups excluding carboxylic acids is 1. The van der Waals surface area contributed by atoms with E-state index in [1.54, 1.807) is 0 Å². The minimum atomic E-state index is -0.0744. The third-order valence-corrected chi connectivity index (χ3v) is 5.50. The second-order valence-corrected chi connectivity index (χ2v) is 8.19. The Hall–Kier alpha value is -1.25. The number of nitrogens with zero attached hydrogens (tertiary/aromatic N) is 1. The summed E-state index contributed by atoms with van der Waals surface area (Å²) in [6.45, 7) is 3.58. The van der Waals surface area contributed by atoms with E-state index in [9.17, 15) is 4.79 Å². The van der Waals surface area contributed by atoms with Gasteiger partial charge in [-0.25, -0.2) is 0 Å². The molecule has 0 aliphatic heterocycles. The Balaban J connectivity index is 1.71. The lowest BCUT2D eigenvalue weighted by atomic mass is 10.0. The number of aromatic nitrogens is 1. The number of hydrogen-bond acceptors (Lipinski definition) is 2. The van der Waals surface area contributed by atoms with Gasteiger partial charge in [0.2, 0.25) is 0 Å². The van der Waals surface area contributed by atoms with Crippen molar-refractivity contribution in [3.63, 3.8) is 0 Å². The molecule has 28 heavy (non-hydrogen) atoms. The number of unbranched alkanes of at least 4 members (excludes halogenated alkanes) is 15. The molecule has 0 saturated carbocycles. The third kappa shape index (κ3) is 15.8. The first-order valence-electron chi connectivity index (χ1n) is 12.1. The molecule has 0 spiro atoms. The van der Waals surface area contributed by atoms with Crippen molar-refractivity contribution in [3.05, 3.63) is 24.5 Å². The smallest absolute Gasteiger partial charge is 0.307 e. The predicted molar refractivity (Wildman–Crippen MR) is 120 cm³/mol. The highest BCUT2D eigenvalue weighted by Gasteiger charge is 2.02. The van der Waals surface area contributed by atoms with E-state index in [4.69, 9.17) is 4.74 Å². The number of hydrogen-bond donors (Lipinski definition) is 0. The first kappa shape index (κ1) is 24.8. The minimum absolute atomic E-state index is 0.0744. The molecule has 162 valence electrons. The monoisotopic (exact) mass is 391 g/mol. The zero-order valence-corrected chi connectivity index (χ0v) is 18.5. The summed E-state index contributed by atoms with van der Waals surface area (Å²) in [5.74, 6) is -0.0744. The average Bonchev–Trinajstić information content (AvgIpc) is 3.22. The molecular formula is C25H45NO2. The number of esters is 1. The topological polar surface area (TPSA) is 31.2 Å². The fourth-order valence-electron chi connectivity index (χ4n) is 3.65. The van der Waals surface area contributed by atoms with Gasteiger partial charge in [-0.1, -0.05) is 103 Å². The van der Waals surface area contributed by atoms with Gasteiger partial charge in [-0.15, -0.1) is 0 Å². The highest BCUT2D eigenvalue weighted by atomic mass is 16.5. The third-order valence-electron chi connectivity index (χ3n) is 5.50. The van der Waals surface area contributed by atoms with E-state index in [1.807, 2.05) is 29.1 Å². The molecule has 0 aliphatic rings. The van der Waals surface area contributed by atoms with Crippen molar-refractivity contribution in [2.75, 3.05) is 6.61 Å². The van der Waals surface area contributed by atoms with Crippen molar-refractivity contribution in [3.8, 4) is 0 Å². The average molecular weight is 392 g/mol. The van der Waals surface area contributed by atoms with Gasteiger partial charge in [0.15, 0.2) is 0 Å². The minimum Gasteiger partial charge on any atom is -0.466 e. The molecule has 1 aromatic heterocycles. The van der Waals surface area contributed by atoms with Crippen LogP contribution < -0.4 is 0 Å². The van der Waals surface area contributed by atoms with Crippen molar-refractivity contribution < 1.29 is 9.53 Å². The molecule has 0 fully saturated rings. The van der Waals surface area contributed by atoms with Gasteiger partial charge in [0.05, 0.1) is 13.0 Å². The van der Waals surface area contributed by atoms with Crippen molar-refractivity contribution in [1.82, 2.24) is 4.57 Å². The van der Waals surface area contributed by atoms with Crippen LogP contribution in [0.3, 0.4) is 0 Å². The second-order valence-electron chi connectivity index (χ2n) is 8.19. The lowest BCUT2D eigenvalue weighted by Gasteiger charge is -2.06. The SMILES string of the molecule is CCCCCCCCCCCCCCCCCCOC(=O)CCn1cccc1. The molecule has 1 aromatic rings. The lowest BCUT2D eigenvalue weighted by molar-refractivity contribution is -0.144. The zero-order valence-electron chi connectivity index (χ0n) is 18.5. The predicted octanol–water partition coefficient (Wildman–Crippen LogP) is 7.68. The van der Waals surface area contributed by atoms with Gasteiger partial charge in [0, 0.05) is 18.9 Å². The second kappa shape index (κ2) is 19.1. The van der Waals surface area contributed by atoms with Gasteiger partial charge < -0.3 is 9.30 Å². The lowest BCUT2D eigenvalue weighted by Crippen LogP contribution is -2.09. The van der Waals surface area contributed by atoms with Crippen molar-refractivity contribution in [2.45, 2.75) is 123 Å². The van der Waals surface area contributed by atoms with Crippen molar-refractivity contribution >= 4 is 5.97 Å². The van der Waals surface area contributed by atoms with E-state index in [-0.39, 0.29) is 5.97 Å². The zero-order chi connectivity index (χ0) is 20.1. The van der Waals surface area contributed by atoms with Crippen LogP contribution in [0.4, 0.5) is 0 Å². The van der Waals surface area contributed by atoms with Gasteiger partial charge in [-0.2, -0.15) is 0 Å². The molecule has 0 aromatic carbocycles. The fourth-order valence-corrected chi connectivity index (χ4v) is 3.65. The van der Waals surface area contributed by atoms with Crippen molar-refractivity contribution in [2.24, 2.45) is 0 Å². The summed E-state index contributed by atoms with van der Waals surface area (Å²) in [5, 5.41) is 0. The Morgan fingerprint density at radius 3 is 1.57 bits per heavy atom. The molecule has 1 rings (SSSR count). The van der Waals surface area contributed by atoms with Crippen LogP contribution in [0.2, 0.25) is 0 Å². The Bertz CT molecular complexity index is 441. The van der Waals surface area contributed by atoms with Gasteiger partial charge in [0.1, 0.15) is 0 Å². The van der Waals surface area contributed by atoms with Crippen LogP contribution in [0, 0.1) is 0 Å². The summed E-state index contributed by atoms with van der Waals surface area (Å²) in [6, 6.07) is 3.95. The summed E-state index contributed by atoms with van der Waals surface area (Å²) >= 11 is 0. The van der Waals surface area contributed by atoms with E-state index in [0.717, 1.165) is 6.42 Å². The molecule has 0 saturated heterocycles. The first-order chi connectivity index (χ1) is 13.8. The maximum Gasteiger partial charge on any atom is 0.307 e. The maximum atomic E-state index is 11.7. The van der Waals surface area contributed by atoms with Gasteiger partial charge in [-0.3, -0.25) is 4.79 Å². The fraction of sp³-hybridized carbons (Fsp3) is 0.800. The van der Waals surface area contributed by atoms with E-state index < -0.39 is 0 Å². The summed E-state index contributed by atoms with van der Waals surface area (Å²) in [6.07, 6.45) is 26.2. The molecule has 0 amide bonds. The molecule has 3 nitrogen and oxygen atoms in total. The molecular weight excluding hydrogens is 346 g/mol. The van der Waals surface area contributed by atoms with Crippen LogP contribution in [-0.2, 0) is 16.1 Å². The van der Waals surface area contributed by atoms with Crippen LogP contribution in [0.1, 0.15) is 116 Å². The van der Waals surface area contributed by atoms with Crippen molar-refractivity contribution in [1.29, 1.82) is 0 Å². The standard InChI is InChI=1S/C25H45NO2/c1-2-3-4-5-6-7-8-9-10-11-12-13-14-15-16-19-24-28-25(27)20-23-26-21-17-18-22-26/h17-18,21-22H,2-16,19-20,23-24H2,1H3. The van der Waals surface area contributed by atoms with E-state index in [2.05, 4.69) is 6.92 Å². The van der Waals surface area contributed by atoms with Crippen LogP contribution in [0.25, 0.3) is 0 Å². The molecule has 1 heterocycles. The molecule has 0 aliphatic carbocycles. The Kier molecular flexibility index (Phi) is 16.9. The van der Waals surface area contributed by atoms with Gasteiger partial charge in [-0.05, 0) is 18.6 Å². The normalized spacial score (nSPS) is 11.0. The van der Waals surface area contributed by atoms with Crippen LogP contribution in [-0.4, -0.2) is 17.1 Å². The molecule has 0 N–H and O–H groups in total. The number of aryl methyl sites for hydroxylation is 1. The summed E-state index contributed by atoms with van der Waals surface area (Å²) in [5.41, 5.74) is 0. The Morgan fingerprint density at radius 1 is 0.679 bits per heavy atom. The van der Waals surface area contributed by atoms with E-state index in [1.165, 1.54) is 96.3 Å². The van der Waals surface area contributed by atoms with Crippen LogP contribution in [0.15, 0.2) is 24.5 Å². The summed E-state index contributed by atoms with van der Waals surface area (Å²) in [4.78, 5) is 11.7. The highest BCUT2D eigenvalue weighted by molar-refractivity contribution is 5.69. The molecule has 0 bridgehead atoms. The maximum absolute atomic E-state index is 11.7. The highest BCUT2D eigenvalue weighted by Crippen LogP contribution is 2.13. The van der Waals surface area contributed by atoms with Crippen LogP contribution >= 0.6 is 0 Å².